The molecule has 0 saturated carbocycles. The first kappa shape index (κ1) is 33.7. The molecule has 6 aliphatic rings. The number of carbonyl (C=O) groups is 4. The van der Waals surface area contributed by atoms with Crippen molar-refractivity contribution in [1.82, 2.24) is 30.2 Å². The van der Waals surface area contributed by atoms with Crippen LogP contribution in [0, 0.1) is 5.92 Å². The lowest BCUT2D eigenvalue weighted by Crippen LogP contribution is -2.58. The number of imide groups is 2. The predicted octanol–water partition coefficient (Wildman–Crippen LogP) is 2.55. The summed E-state index contributed by atoms with van der Waals surface area (Å²) in [6, 6.07) is 14.6. The van der Waals surface area contributed by atoms with Crippen molar-refractivity contribution >= 4 is 40.8 Å². The molecular weight excluding hydrogens is 674 g/mol. The van der Waals surface area contributed by atoms with Gasteiger partial charge in [0.1, 0.15) is 11.8 Å². The summed E-state index contributed by atoms with van der Waals surface area (Å²) in [5.41, 5.74) is 4.00. The van der Waals surface area contributed by atoms with E-state index in [0.717, 1.165) is 93.8 Å². The van der Waals surface area contributed by atoms with Gasteiger partial charge in [0.25, 0.3) is 11.8 Å². The van der Waals surface area contributed by atoms with E-state index in [4.69, 9.17) is 0 Å². The van der Waals surface area contributed by atoms with Crippen LogP contribution in [0.5, 0.6) is 5.75 Å². The number of carbonyl (C=O) groups excluding carboxylic acids is 4. The standard InChI is InChI=1S/C39H45N9O5/c49-34-6-2-1-5-29(34)31-19-33-36(43-42-31)40-20-27-22-44(16-17-47(27)33)21-24-11-14-45(15-12-24)26-4-3-13-46(23-26)25-7-8-28-30(18-25)39(53)48(38(28)52)32-9-10-35(50)41-37(32)51/h1-2,5-8,18-19,24,26-27,32,49H,3-4,9-17,20-23H2,(H,40,43)(H,41,50,51)/t26?,27-,32?/m0/s1. The number of fused-ring (bicyclic) bond motifs is 4. The molecule has 3 atom stereocenters. The zero-order valence-corrected chi connectivity index (χ0v) is 29.7. The van der Waals surface area contributed by atoms with E-state index in [-0.39, 0.29) is 24.5 Å². The summed E-state index contributed by atoms with van der Waals surface area (Å²) in [4.78, 5) is 61.9. The van der Waals surface area contributed by atoms with Crippen LogP contribution in [0.1, 0.15) is 59.2 Å². The summed E-state index contributed by atoms with van der Waals surface area (Å²) in [7, 11) is 0. The fourth-order valence-electron chi connectivity index (χ4n) is 9.35. The van der Waals surface area contributed by atoms with Crippen LogP contribution < -0.4 is 20.4 Å². The van der Waals surface area contributed by atoms with Gasteiger partial charge in [0.05, 0.1) is 28.6 Å². The molecule has 14 nitrogen and oxygen atoms in total. The molecule has 14 heteroatoms. The van der Waals surface area contributed by atoms with Crippen LogP contribution in [-0.2, 0) is 9.59 Å². The number of piperidine rings is 3. The lowest BCUT2D eigenvalue weighted by atomic mass is 9.92. The second-order valence-electron chi connectivity index (χ2n) is 15.4. The van der Waals surface area contributed by atoms with Gasteiger partial charge in [0, 0.05) is 69.5 Å². The summed E-state index contributed by atoms with van der Waals surface area (Å²) >= 11 is 0. The Morgan fingerprint density at radius 2 is 1.62 bits per heavy atom. The molecule has 6 aliphatic heterocycles. The number of anilines is 3. The molecule has 9 rings (SSSR count). The number of phenols is 1. The second-order valence-corrected chi connectivity index (χ2v) is 15.4. The third kappa shape index (κ3) is 6.27. The summed E-state index contributed by atoms with van der Waals surface area (Å²) in [5.74, 6) is -0.236. The zero-order valence-electron chi connectivity index (χ0n) is 29.7. The Labute approximate surface area is 308 Å². The highest BCUT2D eigenvalue weighted by Gasteiger charge is 2.45. The lowest BCUT2D eigenvalue weighted by Gasteiger charge is -2.47. The van der Waals surface area contributed by atoms with Gasteiger partial charge in [-0.2, -0.15) is 0 Å². The van der Waals surface area contributed by atoms with E-state index in [2.05, 4.69) is 46.5 Å². The van der Waals surface area contributed by atoms with Gasteiger partial charge < -0.3 is 20.2 Å². The number of aromatic hydroxyl groups is 1. The van der Waals surface area contributed by atoms with E-state index in [1.54, 1.807) is 12.1 Å². The summed E-state index contributed by atoms with van der Waals surface area (Å²) in [5, 5.41) is 25.0. The maximum absolute atomic E-state index is 13.4. The highest BCUT2D eigenvalue weighted by atomic mass is 16.3. The van der Waals surface area contributed by atoms with E-state index in [0.29, 0.717) is 40.4 Å². The Bertz CT molecular complexity index is 1960. The number of para-hydroxylation sites is 1. The van der Waals surface area contributed by atoms with Crippen molar-refractivity contribution in [1.29, 1.82) is 0 Å². The van der Waals surface area contributed by atoms with E-state index >= 15 is 0 Å². The smallest absolute Gasteiger partial charge is 0.262 e. The molecule has 0 aliphatic carbocycles. The minimum Gasteiger partial charge on any atom is -0.507 e. The molecule has 1 aromatic heterocycles. The summed E-state index contributed by atoms with van der Waals surface area (Å²) in [6.45, 7) is 8.78. The Hall–Kier alpha value is -5.08. The second kappa shape index (κ2) is 13.7. The first-order chi connectivity index (χ1) is 25.8. The van der Waals surface area contributed by atoms with E-state index in [1.807, 2.05) is 30.3 Å². The maximum atomic E-state index is 13.4. The Balaban J connectivity index is 0.785. The molecule has 0 radical (unpaired) electrons. The Morgan fingerprint density at radius 1 is 0.792 bits per heavy atom. The fourth-order valence-corrected chi connectivity index (χ4v) is 9.35. The zero-order chi connectivity index (χ0) is 36.2. The molecule has 7 heterocycles. The van der Waals surface area contributed by atoms with Gasteiger partial charge >= 0.3 is 0 Å². The van der Waals surface area contributed by atoms with Crippen LogP contribution in [0.25, 0.3) is 11.3 Å². The third-order valence-corrected chi connectivity index (χ3v) is 12.2. The van der Waals surface area contributed by atoms with Gasteiger partial charge in [-0.05, 0) is 87.5 Å². The largest absolute Gasteiger partial charge is 0.507 e. The number of hydrogen-bond donors (Lipinski definition) is 3. The minimum atomic E-state index is -0.960. The predicted molar refractivity (Wildman–Crippen MR) is 198 cm³/mol. The van der Waals surface area contributed by atoms with Crippen LogP contribution in [0.15, 0.2) is 48.5 Å². The van der Waals surface area contributed by atoms with Gasteiger partial charge in [-0.15, -0.1) is 10.2 Å². The molecule has 4 saturated heterocycles. The number of hydrogen-bond acceptors (Lipinski definition) is 12. The number of benzene rings is 2. The number of aromatic nitrogens is 2. The van der Waals surface area contributed by atoms with Crippen molar-refractivity contribution in [3.63, 3.8) is 0 Å². The number of amides is 4. The van der Waals surface area contributed by atoms with Gasteiger partial charge in [-0.25, -0.2) is 0 Å². The summed E-state index contributed by atoms with van der Waals surface area (Å²) < 4.78 is 0. The van der Waals surface area contributed by atoms with Crippen molar-refractivity contribution in [2.75, 3.05) is 74.0 Å². The number of piperazine rings is 1. The van der Waals surface area contributed by atoms with Gasteiger partial charge in [0.2, 0.25) is 11.8 Å². The average Bonchev–Trinajstić information content (AvgIpc) is 3.43. The molecule has 2 aromatic carbocycles. The van der Waals surface area contributed by atoms with Crippen molar-refractivity contribution in [2.24, 2.45) is 5.92 Å². The number of likely N-dealkylation sites (tertiary alicyclic amines) is 1. The maximum Gasteiger partial charge on any atom is 0.262 e. The SMILES string of the molecule is O=C1CCC(N2C(=O)c3ccc(N4CCCC(N5CCC(CN6CCN7c8cc(-c9ccccc9O)nnc8NC[C@H]7C6)CC5)C4)cc3C2=O)C(=O)N1. The molecule has 2 unspecified atom stereocenters. The quantitative estimate of drug-likeness (QED) is 0.321. The van der Waals surface area contributed by atoms with E-state index < -0.39 is 23.8 Å². The average molecular weight is 720 g/mol. The molecule has 276 valence electrons. The number of rotatable bonds is 6. The van der Waals surface area contributed by atoms with Gasteiger partial charge in [-0.3, -0.25) is 39.2 Å². The molecule has 3 N–H and O–H groups in total. The number of nitrogens with zero attached hydrogens (tertiary/aromatic N) is 7. The number of phenolic OH excluding ortho intramolecular Hbond substituents is 1. The van der Waals surface area contributed by atoms with Crippen molar-refractivity contribution in [3.8, 4) is 17.0 Å². The molecule has 0 bridgehead atoms. The van der Waals surface area contributed by atoms with Crippen LogP contribution >= 0.6 is 0 Å². The monoisotopic (exact) mass is 719 g/mol. The van der Waals surface area contributed by atoms with Gasteiger partial charge in [-0.1, -0.05) is 12.1 Å². The fraction of sp³-hybridized carbons (Fsp3) is 0.487. The van der Waals surface area contributed by atoms with Crippen molar-refractivity contribution in [2.45, 2.75) is 56.7 Å². The molecule has 0 spiro atoms. The lowest BCUT2D eigenvalue weighted by molar-refractivity contribution is -0.136. The third-order valence-electron chi connectivity index (χ3n) is 12.2. The molecule has 4 amide bonds. The summed E-state index contributed by atoms with van der Waals surface area (Å²) in [6.07, 6.45) is 4.80. The Morgan fingerprint density at radius 3 is 2.45 bits per heavy atom. The van der Waals surface area contributed by atoms with Crippen LogP contribution in [0.4, 0.5) is 17.2 Å². The van der Waals surface area contributed by atoms with Crippen LogP contribution in [0.2, 0.25) is 0 Å². The first-order valence-electron chi connectivity index (χ1n) is 19.0. The highest BCUT2D eigenvalue weighted by Crippen LogP contribution is 2.37. The topological polar surface area (TPSA) is 155 Å². The first-order valence-corrected chi connectivity index (χ1v) is 19.0. The van der Waals surface area contributed by atoms with Gasteiger partial charge in [0.15, 0.2) is 5.82 Å². The normalized spacial score (nSPS) is 25.5. The molecule has 3 aromatic rings. The number of nitrogens with one attached hydrogen (secondary N) is 2. The molecule has 53 heavy (non-hydrogen) atoms. The van der Waals surface area contributed by atoms with E-state index in [9.17, 15) is 24.3 Å². The van der Waals surface area contributed by atoms with Crippen molar-refractivity contribution in [3.05, 3.63) is 59.7 Å². The van der Waals surface area contributed by atoms with Crippen LogP contribution in [-0.4, -0.2) is 131 Å². The van der Waals surface area contributed by atoms with E-state index in [1.165, 1.54) is 12.8 Å². The highest BCUT2D eigenvalue weighted by molar-refractivity contribution is 6.23. The van der Waals surface area contributed by atoms with Crippen LogP contribution in [0.3, 0.4) is 0 Å². The van der Waals surface area contributed by atoms with Crippen molar-refractivity contribution < 1.29 is 24.3 Å². The molecule has 4 fully saturated rings. The molecular formula is C39H45N9O5. The Kier molecular flexibility index (Phi) is 8.73. The minimum absolute atomic E-state index is 0.104.